The van der Waals surface area contributed by atoms with E-state index in [0.717, 1.165) is 36.8 Å². The average Bonchev–Trinajstić information content (AvgIpc) is 3.12. The standard InChI is InChI=1S/C20H22N2O3/c1-13-15(10-14-6-5-9-18(24-2)19(14)25-13)11-16(12-21)20(23)22-17-7-3-4-8-17/h5-6,9-11,13,17H,3-4,7-8H2,1-2H3,(H,22,23)/b16-11-. The lowest BCUT2D eigenvalue weighted by atomic mass is 9.99. The Morgan fingerprint density at radius 1 is 1.40 bits per heavy atom. The molecule has 3 rings (SSSR count). The molecule has 1 aromatic carbocycles. The zero-order valence-corrected chi connectivity index (χ0v) is 14.5. The van der Waals surface area contributed by atoms with Crippen LogP contribution in [0.2, 0.25) is 0 Å². The monoisotopic (exact) mass is 338 g/mol. The normalized spacial score (nSPS) is 20.1. The van der Waals surface area contributed by atoms with E-state index in [1.54, 1.807) is 13.2 Å². The summed E-state index contributed by atoms with van der Waals surface area (Å²) < 4.78 is 11.3. The molecule has 0 saturated heterocycles. The number of para-hydroxylation sites is 1. The molecule has 0 radical (unpaired) electrons. The fourth-order valence-electron chi connectivity index (χ4n) is 3.28. The number of hydrogen-bond acceptors (Lipinski definition) is 4. The van der Waals surface area contributed by atoms with Crippen molar-refractivity contribution in [1.29, 1.82) is 5.26 Å². The summed E-state index contributed by atoms with van der Waals surface area (Å²) in [4.78, 5) is 12.4. The Balaban J connectivity index is 1.85. The highest BCUT2D eigenvalue weighted by Gasteiger charge is 2.23. The largest absolute Gasteiger partial charge is 0.493 e. The maximum absolute atomic E-state index is 12.4. The van der Waals surface area contributed by atoms with Gasteiger partial charge in [-0.2, -0.15) is 5.26 Å². The van der Waals surface area contributed by atoms with Crippen LogP contribution < -0.4 is 14.8 Å². The lowest BCUT2D eigenvalue weighted by Crippen LogP contribution is -2.33. The SMILES string of the molecule is COc1cccc2c1OC(C)C(/C=C(/C#N)C(=O)NC1CCCC1)=C2. The molecule has 1 fully saturated rings. The molecule has 1 unspecified atom stereocenters. The first-order chi connectivity index (χ1) is 12.1. The highest BCUT2D eigenvalue weighted by molar-refractivity contribution is 5.98. The molecule has 0 spiro atoms. The highest BCUT2D eigenvalue weighted by Crippen LogP contribution is 2.38. The van der Waals surface area contributed by atoms with Crippen LogP contribution in [0, 0.1) is 11.3 Å². The smallest absolute Gasteiger partial charge is 0.262 e. The molecule has 1 N–H and O–H groups in total. The molecule has 1 heterocycles. The summed E-state index contributed by atoms with van der Waals surface area (Å²) in [6, 6.07) is 7.85. The van der Waals surface area contributed by atoms with E-state index >= 15 is 0 Å². The maximum Gasteiger partial charge on any atom is 0.262 e. The lowest BCUT2D eigenvalue weighted by Gasteiger charge is -2.24. The lowest BCUT2D eigenvalue weighted by molar-refractivity contribution is -0.117. The second-order valence-electron chi connectivity index (χ2n) is 6.41. The first-order valence-electron chi connectivity index (χ1n) is 8.60. The molecule has 1 aliphatic carbocycles. The molecule has 5 nitrogen and oxygen atoms in total. The Kier molecular flexibility index (Phi) is 5.08. The quantitative estimate of drug-likeness (QED) is 0.675. The summed E-state index contributed by atoms with van der Waals surface area (Å²) >= 11 is 0. The molecule has 1 atom stereocenters. The molecule has 0 bridgehead atoms. The zero-order chi connectivity index (χ0) is 17.8. The molecular formula is C20H22N2O3. The Morgan fingerprint density at radius 3 is 2.84 bits per heavy atom. The number of nitrogens with zero attached hydrogens (tertiary/aromatic N) is 1. The minimum Gasteiger partial charge on any atom is -0.493 e. The zero-order valence-electron chi connectivity index (χ0n) is 14.5. The number of amides is 1. The Bertz CT molecular complexity index is 768. The minimum absolute atomic E-state index is 0.111. The van der Waals surface area contributed by atoms with Crippen molar-refractivity contribution in [3.8, 4) is 17.6 Å². The van der Waals surface area contributed by atoms with Crippen molar-refractivity contribution in [3.05, 3.63) is 41.0 Å². The molecule has 1 amide bonds. The number of rotatable bonds is 4. The molecule has 1 saturated carbocycles. The van der Waals surface area contributed by atoms with Crippen LogP contribution in [0.15, 0.2) is 35.4 Å². The Labute approximate surface area is 147 Å². The van der Waals surface area contributed by atoms with Gasteiger partial charge in [0.2, 0.25) is 0 Å². The number of carbonyl (C=O) groups is 1. The van der Waals surface area contributed by atoms with Crippen LogP contribution in [0.3, 0.4) is 0 Å². The van der Waals surface area contributed by atoms with Crippen molar-refractivity contribution in [2.24, 2.45) is 0 Å². The van der Waals surface area contributed by atoms with Gasteiger partial charge in [0, 0.05) is 11.6 Å². The van der Waals surface area contributed by atoms with E-state index in [2.05, 4.69) is 5.32 Å². The van der Waals surface area contributed by atoms with Crippen LogP contribution in [0.1, 0.15) is 38.2 Å². The molecule has 130 valence electrons. The van der Waals surface area contributed by atoms with E-state index in [-0.39, 0.29) is 23.6 Å². The van der Waals surface area contributed by atoms with Crippen LogP contribution in [-0.2, 0) is 4.79 Å². The predicted molar refractivity (Wildman–Crippen MR) is 95.2 cm³/mol. The number of nitrogens with one attached hydrogen (secondary N) is 1. The number of nitriles is 1. The number of benzene rings is 1. The molecule has 1 aromatic rings. The Morgan fingerprint density at radius 2 is 2.16 bits per heavy atom. The molecular weight excluding hydrogens is 316 g/mol. The van der Waals surface area contributed by atoms with E-state index < -0.39 is 0 Å². The van der Waals surface area contributed by atoms with Gasteiger partial charge in [-0.1, -0.05) is 25.0 Å². The fraction of sp³-hybridized carbons (Fsp3) is 0.400. The first-order valence-corrected chi connectivity index (χ1v) is 8.60. The van der Waals surface area contributed by atoms with Crippen molar-refractivity contribution in [3.63, 3.8) is 0 Å². The Hall–Kier alpha value is -2.74. The van der Waals surface area contributed by atoms with Gasteiger partial charge in [-0.3, -0.25) is 4.79 Å². The van der Waals surface area contributed by atoms with E-state index in [1.165, 1.54) is 0 Å². The van der Waals surface area contributed by atoms with E-state index in [9.17, 15) is 10.1 Å². The third-order valence-corrected chi connectivity index (χ3v) is 4.68. The van der Waals surface area contributed by atoms with Crippen molar-refractivity contribution in [2.75, 3.05) is 7.11 Å². The van der Waals surface area contributed by atoms with Crippen molar-refractivity contribution < 1.29 is 14.3 Å². The number of methoxy groups -OCH3 is 1. The van der Waals surface area contributed by atoms with Gasteiger partial charge >= 0.3 is 0 Å². The summed E-state index contributed by atoms with van der Waals surface area (Å²) in [7, 11) is 1.60. The maximum atomic E-state index is 12.4. The fourth-order valence-corrected chi connectivity index (χ4v) is 3.28. The summed E-state index contributed by atoms with van der Waals surface area (Å²) in [6.45, 7) is 1.89. The molecule has 2 aliphatic rings. The van der Waals surface area contributed by atoms with E-state index in [4.69, 9.17) is 9.47 Å². The van der Waals surface area contributed by atoms with Crippen LogP contribution in [0.4, 0.5) is 0 Å². The van der Waals surface area contributed by atoms with Gasteiger partial charge < -0.3 is 14.8 Å². The van der Waals surface area contributed by atoms with Gasteiger partial charge in [0.05, 0.1) is 7.11 Å². The van der Waals surface area contributed by atoms with Gasteiger partial charge in [-0.15, -0.1) is 0 Å². The molecule has 5 heteroatoms. The number of carbonyl (C=O) groups excluding carboxylic acids is 1. The number of hydrogen-bond donors (Lipinski definition) is 1. The summed E-state index contributed by atoms with van der Waals surface area (Å²) in [5.41, 5.74) is 1.77. The summed E-state index contributed by atoms with van der Waals surface area (Å²) in [6.07, 6.45) is 7.52. The predicted octanol–water partition coefficient (Wildman–Crippen LogP) is 3.37. The minimum atomic E-state index is -0.307. The van der Waals surface area contributed by atoms with Gasteiger partial charge in [0.25, 0.3) is 5.91 Å². The summed E-state index contributed by atoms with van der Waals surface area (Å²) in [5.74, 6) is 1.05. The van der Waals surface area contributed by atoms with Crippen LogP contribution in [0.25, 0.3) is 6.08 Å². The number of fused-ring (bicyclic) bond motifs is 1. The van der Waals surface area contributed by atoms with Crippen molar-refractivity contribution in [1.82, 2.24) is 5.32 Å². The van der Waals surface area contributed by atoms with Gasteiger partial charge in [0.15, 0.2) is 11.5 Å². The first kappa shape index (κ1) is 17.1. The van der Waals surface area contributed by atoms with Crippen LogP contribution >= 0.6 is 0 Å². The van der Waals surface area contributed by atoms with Gasteiger partial charge in [0.1, 0.15) is 17.7 Å². The van der Waals surface area contributed by atoms with Gasteiger partial charge in [-0.25, -0.2) is 0 Å². The third-order valence-electron chi connectivity index (χ3n) is 4.68. The van der Waals surface area contributed by atoms with Crippen molar-refractivity contribution >= 4 is 12.0 Å². The topological polar surface area (TPSA) is 71.3 Å². The second-order valence-corrected chi connectivity index (χ2v) is 6.41. The van der Waals surface area contributed by atoms with Gasteiger partial charge in [-0.05, 0) is 43.6 Å². The van der Waals surface area contributed by atoms with E-state index in [0.29, 0.717) is 11.5 Å². The van der Waals surface area contributed by atoms with Crippen molar-refractivity contribution in [2.45, 2.75) is 44.8 Å². The van der Waals surface area contributed by atoms with Crippen LogP contribution in [0.5, 0.6) is 11.5 Å². The molecule has 0 aromatic heterocycles. The summed E-state index contributed by atoms with van der Waals surface area (Å²) in [5, 5.41) is 12.4. The average molecular weight is 338 g/mol. The molecule has 1 aliphatic heterocycles. The number of ether oxygens (including phenoxy) is 2. The highest BCUT2D eigenvalue weighted by atomic mass is 16.5. The third kappa shape index (κ3) is 3.69. The van der Waals surface area contributed by atoms with E-state index in [1.807, 2.05) is 37.3 Å². The molecule has 25 heavy (non-hydrogen) atoms. The van der Waals surface area contributed by atoms with Crippen LogP contribution in [-0.4, -0.2) is 25.2 Å². The second kappa shape index (κ2) is 7.43.